The standard InChI is InChI=1S/C23H22O2/c24-22-16-19(18-10-4-1-5-11-18)17-23(25-22,20-12-6-2-7-13-20)21-14-8-3-9-15-21/h1-15,19,22,24H,16-17H2/t19-,22-/m1/s1. The van der Waals surface area contributed by atoms with Crippen molar-refractivity contribution in [1.82, 2.24) is 0 Å². The van der Waals surface area contributed by atoms with Crippen molar-refractivity contribution < 1.29 is 9.84 Å². The molecule has 1 N–H and O–H groups in total. The first-order chi connectivity index (χ1) is 12.3. The van der Waals surface area contributed by atoms with Crippen molar-refractivity contribution in [2.24, 2.45) is 0 Å². The highest BCUT2D eigenvalue weighted by Crippen LogP contribution is 2.48. The van der Waals surface area contributed by atoms with Gasteiger partial charge < -0.3 is 9.84 Å². The van der Waals surface area contributed by atoms with E-state index in [-0.39, 0.29) is 5.92 Å². The lowest BCUT2D eigenvalue weighted by molar-refractivity contribution is -0.207. The summed E-state index contributed by atoms with van der Waals surface area (Å²) in [7, 11) is 0. The van der Waals surface area contributed by atoms with Crippen LogP contribution in [0.2, 0.25) is 0 Å². The lowest BCUT2D eigenvalue weighted by Crippen LogP contribution is -2.42. The van der Waals surface area contributed by atoms with Crippen molar-refractivity contribution >= 4 is 0 Å². The predicted molar refractivity (Wildman–Crippen MR) is 99.2 cm³/mol. The number of hydrogen-bond acceptors (Lipinski definition) is 2. The van der Waals surface area contributed by atoms with Crippen LogP contribution in [0.15, 0.2) is 91.0 Å². The van der Waals surface area contributed by atoms with Gasteiger partial charge in [-0.2, -0.15) is 0 Å². The van der Waals surface area contributed by atoms with E-state index in [1.165, 1.54) is 5.56 Å². The van der Waals surface area contributed by atoms with Gasteiger partial charge in [-0.15, -0.1) is 0 Å². The Balaban J connectivity index is 1.83. The van der Waals surface area contributed by atoms with Gasteiger partial charge in [0.25, 0.3) is 0 Å². The van der Waals surface area contributed by atoms with Crippen LogP contribution in [0.25, 0.3) is 0 Å². The molecule has 4 rings (SSSR count). The molecule has 1 aliphatic rings. The molecule has 1 saturated heterocycles. The van der Waals surface area contributed by atoms with E-state index in [9.17, 15) is 5.11 Å². The molecule has 1 aliphatic heterocycles. The van der Waals surface area contributed by atoms with E-state index in [1.807, 2.05) is 42.5 Å². The summed E-state index contributed by atoms with van der Waals surface area (Å²) in [5, 5.41) is 10.6. The molecule has 2 heteroatoms. The number of aliphatic hydroxyl groups is 1. The summed E-state index contributed by atoms with van der Waals surface area (Å²) < 4.78 is 6.25. The molecule has 0 amide bonds. The van der Waals surface area contributed by atoms with Crippen LogP contribution in [0.4, 0.5) is 0 Å². The molecule has 0 spiro atoms. The molecule has 3 aromatic carbocycles. The highest BCUT2D eigenvalue weighted by molar-refractivity contribution is 5.38. The summed E-state index contributed by atoms with van der Waals surface area (Å²) in [6.45, 7) is 0. The summed E-state index contributed by atoms with van der Waals surface area (Å²) in [4.78, 5) is 0. The smallest absolute Gasteiger partial charge is 0.156 e. The van der Waals surface area contributed by atoms with E-state index < -0.39 is 11.9 Å². The van der Waals surface area contributed by atoms with Crippen molar-refractivity contribution in [3.63, 3.8) is 0 Å². The Kier molecular flexibility index (Phi) is 4.39. The zero-order chi connectivity index (χ0) is 17.1. The third-order valence-electron chi connectivity index (χ3n) is 5.11. The second kappa shape index (κ2) is 6.83. The fourth-order valence-electron chi connectivity index (χ4n) is 3.93. The lowest BCUT2D eigenvalue weighted by Gasteiger charge is -2.44. The van der Waals surface area contributed by atoms with Gasteiger partial charge in [-0.25, -0.2) is 0 Å². The molecule has 0 saturated carbocycles. The first-order valence-electron chi connectivity index (χ1n) is 8.80. The van der Waals surface area contributed by atoms with Crippen LogP contribution in [0.3, 0.4) is 0 Å². The first kappa shape index (κ1) is 16.1. The van der Waals surface area contributed by atoms with Gasteiger partial charge in [0, 0.05) is 6.42 Å². The monoisotopic (exact) mass is 330 g/mol. The quantitative estimate of drug-likeness (QED) is 0.744. The molecule has 2 atom stereocenters. The topological polar surface area (TPSA) is 29.5 Å². The Bertz CT molecular complexity index is 760. The van der Waals surface area contributed by atoms with Crippen LogP contribution < -0.4 is 0 Å². The maximum Gasteiger partial charge on any atom is 0.156 e. The fourth-order valence-corrected chi connectivity index (χ4v) is 3.93. The second-order valence-corrected chi connectivity index (χ2v) is 6.68. The van der Waals surface area contributed by atoms with E-state index in [0.717, 1.165) is 17.5 Å². The SMILES string of the molecule is O[C@H]1C[C@@H](c2ccccc2)CC(c2ccccc2)(c2ccccc2)O1. The molecule has 1 fully saturated rings. The summed E-state index contributed by atoms with van der Waals surface area (Å²) in [6.07, 6.45) is 0.632. The van der Waals surface area contributed by atoms with Crippen molar-refractivity contribution in [3.8, 4) is 0 Å². The molecule has 0 unspecified atom stereocenters. The molecule has 126 valence electrons. The molecular formula is C23H22O2. The van der Waals surface area contributed by atoms with Crippen molar-refractivity contribution in [1.29, 1.82) is 0 Å². The Labute approximate surface area is 148 Å². The van der Waals surface area contributed by atoms with Crippen LogP contribution in [0.1, 0.15) is 35.4 Å². The summed E-state index contributed by atoms with van der Waals surface area (Å²) >= 11 is 0. The zero-order valence-electron chi connectivity index (χ0n) is 14.1. The molecule has 25 heavy (non-hydrogen) atoms. The highest BCUT2D eigenvalue weighted by atomic mass is 16.6. The fraction of sp³-hybridized carbons (Fsp3) is 0.217. The zero-order valence-corrected chi connectivity index (χ0v) is 14.1. The molecule has 0 aromatic heterocycles. The van der Waals surface area contributed by atoms with Crippen LogP contribution in [-0.4, -0.2) is 11.4 Å². The van der Waals surface area contributed by atoms with Gasteiger partial charge >= 0.3 is 0 Å². The first-order valence-corrected chi connectivity index (χ1v) is 8.80. The largest absolute Gasteiger partial charge is 0.368 e. The Hall–Kier alpha value is -2.42. The van der Waals surface area contributed by atoms with Gasteiger partial charge in [-0.05, 0) is 29.0 Å². The number of ether oxygens (including phenoxy) is 1. The molecule has 0 radical (unpaired) electrons. The van der Waals surface area contributed by atoms with Crippen LogP contribution in [0.5, 0.6) is 0 Å². The van der Waals surface area contributed by atoms with E-state index >= 15 is 0 Å². The number of rotatable bonds is 3. The van der Waals surface area contributed by atoms with E-state index in [0.29, 0.717) is 6.42 Å². The average Bonchev–Trinajstić information content (AvgIpc) is 2.69. The minimum atomic E-state index is -0.792. The van der Waals surface area contributed by atoms with Gasteiger partial charge in [0.1, 0.15) is 5.60 Å². The van der Waals surface area contributed by atoms with Gasteiger partial charge in [0.05, 0.1) is 0 Å². The van der Waals surface area contributed by atoms with Crippen molar-refractivity contribution in [3.05, 3.63) is 108 Å². The molecule has 2 nitrogen and oxygen atoms in total. The average molecular weight is 330 g/mol. The van der Waals surface area contributed by atoms with Crippen LogP contribution >= 0.6 is 0 Å². The van der Waals surface area contributed by atoms with Gasteiger partial charge in [-0.1, -0.05) is 91.0 Å². The predicted octanol–water partition coefficient (Wildman–Crippen LogP) is 4.84. The highest BCUT2D eigenvalue weighted by Gasteiger charge is 2.44. The molecule has 3 aromatic rings. The number of benzene rings is 3. The van der Waals surface area contributed by atoms with Gasteiger partial charge in [0.15, 0.2) is 6.29 Å². The van der Waals surface area contributed by atoms with Crippen molar-refractivity contribution in [2.45, 2.75) is 30.7 Å². The molecular weight excluding hydrogens is 308 g/mol. The Morgan fingerprint density at radius 3 is 1.72 bits per heavy atom. The Morgan fingerprint density at radius 1 is 0.720 bits per heavy atom. The third-order valence-corrected chi connectivity index (χ3v) is 5.11. The second-order valence-electron chi connectivity index (χ2n) is 6.68. The normalized spacial score (nSPS) is 22.4. The minimum absolute atomic E-state index is 0.241. The summed E-state index contributed by atoms with van der Waals surface area (Å²) in [5.41, 5.74) is 2.78. The molecule has 1 heterocycles. The summed E-state index contributed by atoms with van der Waals surface area (Å²) in [6, 6.07) is 30.9. The minimum Gasteiger partial charge on any atom is -0.368 e. The van der Waals surface area contributed by atoms with Crippen LogP contribution in [-0.2, 0) is 10.3 Å². The van der Waals surface area contributed by atoms with E-state index in [4.69, 9.17) is 4.74 Å². The van der Waals surface area contributed by atoms with Gasteiger partial charge in [-0.3, -0.25) is 0 Å². The number of aliphatic hydroxyl groups excluding tert-OH is 1. The lowest BCUT2D eigenvalue weighted by atomic mass is 9.74. The van der Waals surface area contributed by atoms with E-state index in [2.05, 4.69) is 48.5 Å². The maximum atomic E-state index is 10.6. The number of hydrogen-bond donors (Lipinski definition) is 1. The molecule has 0 aliphatic carbocycles. The Morgan fingerprint density at radius 2 is 1.20 bits per heavy atom. The van der Waals surface area contributed by atoms with Crippen LogP contribution in [0, 0.1) is 0 Å². The third kappa shape index (κ3) is 3.11. The van der Waals surface area contributed by atoms with E-state index in [1.54, 1.807) is 0 Å². The summed E-state index contributed by atoms with van der Waals surface area (Å²) in [5.74, 6) is 0.241. The maximum absolute atomic E-state index is 10.6. The van der Waals surface area contributed by atoms with Gasteiger partial charge in [0.2, 0.25) is 0 Å². The van der Waals surface area contributed by atoms with Crippen molar-refractivity contribution in [2.75, 3.05) is 0 Å². The molecule has 0 bridgehead atoms.